The van der Waals surface area contributed by atoms with Crippen molar-refractivity contribution in [2.24, 2.45) is 0 Å². The van der Waals surface area contributed by atoms with E-state index in [2.05, 4.69) is 74.2 Å². The van der Waals surface area contributed by atoms with E-state index in [0.717, 1.165) is 35.4 Å². The number of carbonyl (C=O) groups is 1. The SMILES string of the molecule is CCC(Oc1ccc(C(C)(C)CC)cc1C(C)(C)CC)C(=O)Nc1cccc(-c2nc3c(Cl)c(C)[nH]n3n2)c1. The zero-order chi connectivity index (χ0) is 28.5. The van der Waals surface area contributed by atoms with Gasteiger partial charge in [0.05, 0.1) is 5.69 Å². The quantitative estimate of drug-likeness (QED) is 0.211. The van der Waals surface area contributed by atoms with Gasteiger partial charge in [-0.05, 0) is 60.8 Å². The number of anilines is 1. The summed E-state index contributed by atoms with van der Waals surface area (Å²) in [5, 5.41) is 11.1. The second kappa shape index (κ2) is 11.0. The molecule has 1 amide bonds. The van der Waals surface area contributed by atoms with E-state index in [1.165, 1.54) is 5.56 Å². The molecule has 7 nitrogen and oxygen atoms in total. The van der Waals surface area contributed by atoms with Crippen molar-refractivity contribution < 1.29 is 9.53 Å². The van der Waals surface area contributed by atoms with Crippen LogP contribution in [0.25, 0.3) is 17.0 Å². The number of amides is 1. The monoisotopic (exact) mass is 549 g/mol. The Kier molecular flexibility index (Phi) is 8.12. The van der Waals surface area contributed by atoms with E-state index in [-0.39, 0.29) is 16.7 Å². The highest BCUT2D eigenvalue weighted by molar-refractivity contribution is 6.34. The molecule has 2 heterocycles. The summed E-state index contributed by atoms with van der Waals surface area (Å²) in [5.41, 5.74) is 5.17. The highest BCUT2D eigenvalue weighted by atomic mass is 35.5. The first-order valence-electron chi connectivity index (χ1n) is 13.7. The maximum atomic E-state index is 13.4. The number of hydrogen-bond donors (Lipinski definition) is 2. The summed E-state index contributed by atoms with van der Waals surface area (Å²) in [6.07, 6.45) is 1.88. The minimum absolute atomic E-state index is 0.0598. The van der Waals surface area contributed by atoms with Crippen LogP contribution in [0.4, 0.5) is 5.69 Å². The third kappa shape index (κ3) is 5.83. The molecule has 208 valence electrons. The fourth-order valence-corrected chi connectivity index (χ4v) is 4.61. The van der Waals surface area contributed by atoms with Crippen LogP contribution in [-0.4, -0.2) is 31.8 Å². The molecule has 1 unspecified atom stereocenters. The van der Waals surface area contributed by atoms with Crippen LogP contribution in [0.15, 0.2) is 42.5 Å². The Morgan fingerprint density at radius 3 is 2.44 bits per heavy atom. The van der Waals surface area contributed by atoms with E-state index in [4.69, 9.17) is 16.3 Å². The molecule has 4 aromatic rings. The smallest absolute Gasteiger partial charge is 0.265 e. The Morgan fingerprint density at radius 2 is 1.79 bits per heavy atom. The molecule has 0 saturated heterocycles. The molecular weight excluding hydrogens is 510 g/mol. The van der Waals surface area contributed by atoms with E-state index in [1.807, 2.05) is 44.2 Å². The summed E-state index contributed by atoms with van der Waals surface area (Å²) >= 11 is 6.32. The number of carbonyl (C=O) groups excluding carboxylic acids is 1. The predicted molar refractivity (Wildman–Crippen MR) is 159 cm³/mol. The van der Waals surface area contributed by atoms with Crippen LogP contribution in [0.3, 0.4) is 0 Å². The van der Waals surface area contributed by atoms with Gasteiger partial charge in [-0.15, -0.1) is 5.10 Å². The normalized spacial score (nSPS) is 13.1. The lowest BCUT2D eigenvalue weighted by Crippen LogP contribution is -2.33. The molecular formula is C31H40ClN5O2. The molecule has 1 atom stereocenters. The number of halogens is 1. The summed E-state index contributed by atoms with van der Waals surface area (Å²) in [6.45, 7) is 17.2. The second-order valence-corrected chi connectivity index (χ2v) is 11.9. The summed E-state index contributed by atoms with van der Waals surface area (Å²) in [5.74, 6) is 1.08. The van der Waals surface area contributed by atoms with Gasteiger partial charge in [-0.1, -0.05) is 84.3 Å². The lowest BCUT2D eigenvalue weighted by molar-refractivity contribution is -0.122. The van der Waals surface area contributed by atoms with Crippen LogP contribution in [0.5, 0.6) is 5.75 Å². The number of hydrogen-bond acceptors (Lipinski definition) is 4. The zero-order valence-corrected chi connectivity index (χ0v) is 25.0. The Balaban J connectivity index is 1.57. The van der Waals surface area contributed by atoms with Crippen molar-refractivity contribution in [2.45, 2.75) is 91.6 Å². The van der Waals surface area contributed by atoms with E-state index in [1.54, 1.807) is 4.63 Å². The van der Waals surface area contributed by atoms with E-state index in [9.17, 15) is 4.79 Å². The average Bonchev–Trinajstić information content (AvgIpc) is 3.45. The van der Waals surface area contributed by atoms with E-state index < -0.39 is 6.10 Å². The fourth-order valence-electron chi connectivity index (χ4n) is 4.44. The summed E-state index contributed by atoms with van der Waals surface area (Å²) in [7, 11) is 0. The van der Waals surface area contributed by atoms with E-state index >= 15 is 0 Å². The molecule has 2 aromatic carbocycles. The van der Waals surface area contributed by atoms with Crippen molar-refractivity contribution in [1.29, 1.82) is 0 Å². The largest absolute Gasteiger partial charge is 0.480 e. The average molecular weight is 550 g/mol. The van der Waals surface area contributed by atoms with Gasteiger partial charge in [0, 0.05) is 16.8 Å². The summed E-state index contributed by atoms with van der Waals surface area (Å²) in [4.78, 5) is 17.9. The highest BCUT2D eigenvalue weighted by Gasteiger charge is 2.29. The van der Waals surface area contributed by atoms with Gasteiger partial charge in [0.15, 0.2) is 17.6 Å². The van der Waals surface area contributed by atoms with Gasteiger partial charge < -0.3 is 10.1 Å². The Bertz CT molecular complexity index is 1480. The lowest BCUT2D eigenvalue weighted by atomic mass is 9.76. The first kappa shape index (κ1) is 28.7. The predicted octanol–water partition coefficient (Wildman–Crippen LogP) is 7.86. The fraction of sp³-hybridized carbons (Fsp3) is 0.452. The van der Waals surface area contributed by atoms with Crippen molar-refractivity contribution in [3.8, 4) is 17.1 Å². The lowest BCUT2D eigenvalue weighted by Gasteiger charge is -2.31. The number of ether oxygens (including phenoxy) is 1. The molecule has 4 rings (SSSR count). The van der Waals surface area contributed by atoms with Crippen LogP contribution in [0, 0.1) is 6.92 Å². The first-order chi connectivity index (χ1) is 18.4. The van der Waals surface area contributed by atoms with Crippen LogP contribution in [0.1, 0.15) is 84.5 Å². The van der Waals surface area contributed by atoms with Crippen LogP contribution < -0.4 is 10.1 Å². The molecule has 0 aliphatic heterocycles. The second-order valence-electron chi connectivity index (χ2n) is 11.5. The van der Waals surface area contributed by atoms with Gasteiger partial charge in [-0.25, -0.2) is 4.98 Å². The number of aromatic nitrogens is 4. The maximum Gasteiger partial charge on any atom is 0.265 e. The Hall–Kier alpha value is -3.32. The van der Waals surface area contributed by atoms with Gasteiger partial charge in [0.2, 0.25) is 0 Å². The van der Waals surface area contributed by atoms with E-state index in [0.29, 0.717) is 28.6 Å². The third-order valence-corrected chi connectivity index (χ3v) is 8.44. The minimum Gasteiger partial charge on any atom is -0.480 e. The molecule has 0 radical (unpaired) electrons. The van der Waals surface area contributed by atoms with Crippen molar-refractivity contribution in [3.63, 3.8) is 0 Å². The van der Waals surface area contributed by atoms with Crippen LogP contribution >= 0.6 is 11.6 Å². The number of aryl methyl sites for hydroxylation is 1. The van der Waals surface area contributed by atoms with Gasteiger partial charge in [-0.3, -0.25) is 9.89 Å². The molecule has 0 spiro atoms. The number of benzene rings is 2. The van der Waals surface area contributed by atoms with Gasteiger partial charge in [-0.2, -0.15) is 4.63 Å². The summed E-state index contributed by atoms with van der Waals surface area (Å²) in [6, 6.07) is 13.9. The molecule has 2 N–H and O–H groups in total. The number of aromatic amines is 1. The number of rotatable bonds is 10. The molecule has 0 aliphatic rings. The molecule has 0 bridgehead atoms. The Morgan fingerprint density at radius 1 is 1.08 bits per heavy atom. The van der Waals surface area contributed by atoms with Crippen LogP contribution in [0.2, 0.25) is 5.02 Å². The molecule has 2 aromatic heterocycles. The van der Waals surface area contributed by atoms with Gasteiger partial charge in [0.1, 0.15) is 10.8 Å². The maximum absolute atomic E-state index is 13.4. The number of H-pyrrole nitrogens is 1. The molecule has 0 saturated carbocycles. The van der Waals surface area contributed by atoms with Crippen molar-refractivity contribution >= 4 is 28.8 Å². The van der Waals surface area contributed by atoms with Gasteiger partial charge >= 0.3 is 0 Å². The molecule has 0 fully saturated rings. The number of nitrogens with zero attached hydrogens (tertiary/aromatic N) is 3. The highest BCUT2D eigenvalue weighted by Crippen LogP contribution is 2.39. The Labute approximate surface area is 236 Å². The van der Waals surface area contributed by atoms with Crippen LogP contribution in [-0.2, 0) is 15.6 Å². The number of fused-ring (bicyclic) bond motifs is 1. The van der Waals surface area contributed by atoms with Crippen molar-refractivity contribution in [1.82, 2.24) is 19.8 Å². The standard InChI is InChI=1S/C31H40ClN5O2/c1-9-24(39-25-16-15-21(30(5,6)10-2)18-23(25)31(7,8)11-3)29(38)33-22-14-12-13-20(17-22)27-34-28-26(32)19(4)35-37(28)36-27/h12-18,24,35H,9-11H2,1-8H3,(H,33,38). The first-order valence-corrected chi connectivity index (χ1v) is 14.1. The molecule has 39 heavy (non-hydrogen) atoms. The minimum atomic E-state index is -0.643. The molecule has 8 heteroatoms. The van der Waals surface area contributed by atoms with Crippen molar-refractivity contribution in [3.05, 3.63) is 64.3 Å². The van der Waals surface area contributed by atoms with Crippen molar-refractivity contribution in [2.75, 3.05) is 5.32 Å². The zero-order valence-electron chi connectivity index (χ0n) is 24.3. The third-order valence-electron chi connectivity index (χ3n) is 7.98. The van der Waals surface area contributed by atoms with Gasteiger partial charge in [0.25, 0.3) is 5.91 Å². The molecule has 0 aliphatic carbocycles. The summed E-state index contributed by atoms with van der Waals surface area (Å²) < 4.78 is 7.99. The topological polar surface area (TPSA) is 84.3 Å². The number of nitrogens with one attached hydrogen (secondary N) is 2.